The molecule has 1 aliphatic carbocycles. The van der Waals surface area contributed by atoms with Gasteiger partial charge in [-0.1, -0.05) is 38.5 Å². The van der Waals surface area contributed by atoms with Crippen molar-refractivity contribution in [1.29, 1.82) is 0 Å². The smallest absolute Gasteiger partial charge is 0.330 e. The van der Waals surface area contributed by atoms with Gasteiger partial charge in [-0.15, -0.1) is 0 Å². The van der Waals surface area contributed by atoms with E-state index in [9.17, 15) is 4.79 Å². The van der Waals surface area contributed by atoms with E-state index < -0.39 is 0 Å². The molecule has 3 heteroatoms. The van der Waals surface area contributed by atoms with E-state index in [4.69, 9.17) is 9.47 Å². The van der Waals surface area contributed by atoms with Gasteiger partial charge in [0.1, 0.15) is 5.75 Å². The summed E-state index contributed by atoms with van der Waals surface area (Å²) >= 11 is 0. The highest BCUT2D eigenvalue weighted by Gasteiger charge is 2.19. The summed E-state index contributed by atoms with van der Waals surface area (Å²) in [6, 6.07) is 8.71. The van der Waals surface area contributed by atoms with Crippen LogP contribution in [0.25, 0.3) is 0 Å². The third-order valence-electron chi connectivity index (χ3n) is 5.09. The lowest BCUT2D eigenvalue weighted by atomic mass is 9.79. The molecule has 0 radical (unpaired) electrons. The molecule has 25 heavy (non-hydrogen) atoms. The van der Waals surface area contributed by atoms with E-state index >= 15 is 0 Å². The third kappa shape index (κ3) is 7.33. The first-order chi connectivity index (χ1) is 12.2. The van der Waals surface area contributed by atoms with Gasteiger partial charge in [-0.2, -0.15) is 0 Å². The molecular formula is C22H32O3. The molecule has 0 N–H and O–H groups in total. The fourth-order valence-corrected chi connectivity index (χ4v) is 3.41. The second kappa shape index (κ2) is 11.0. The average Bonchev–Trinajstić information content (AvgIpc) is 2.65. The van der Waals surface area contributed by atoms with Crippen LogP contribution in [0.5, 0.6) is 5.75 Å². The Bertz CT molecular complexity index is 513. The van der Waals surface area contributed by atoms with Crippen molar-refractivity contribution in [2.45, 2.75) is 64.2 Å². The van der Waals surface area contributed by atoms with Gasteiger partial charge in [0.25, 0.3) is 0 Å². The molecule has 3 nitrogen and oxygen atoms in total. The summed E-state index contributed by atoms with van der Waals surface area (Å²) < 4.78 is 10.8. The van der Waals surface area contributed by atoms with Gasteiger partial charge >= 0.3 is 5.97 Å². The van der Waals surface area contributed by atoms with Crippen LogP contribution in [0.2, 0.25) is 0 Å². The minimum atomic E-state index is -0.338. The van der Waals surface area contributed by atoms with Gasteiger partial charge in [0, 0.05) is 6.08 Å². The predicted molar refractivity (Wildman–Crippen MR) is 102 cm³/mol. The highest BCUT2D eigenvalue weighted by molar-refractivity contribution is 5.81. The standard InChI is InChI=1S/C22H32O3/c1-3-22(23)25-17-7-5-4-6-16-24-21-14-12-20(13-15-21)19-10-8-18(2)9-11-19/h3,12-15,18-19H,1,4-11,16-17H2,2H3. The lowest BCUT2D eigenvalue weighted by Crippen LogP contribution is -2.10. The zero-order valence-corrected chi connectivity index (χ0v) is 15.5. The van der Waals surface area contributed by atoms with Crippen molar-refractivity contribution in [3.05, 3.63) is 42.5 Å². The van der Waals surface area contributed by atoms with Gasteiger partial charge in [0.15, 0.2) is 0 Å². The Morgan fingerprint density at radius 3 is 2.32 bits per heavy atom. The minimum Gasteiger partial charge on any atom is -0.494 e. The number of carbonyl (C=O) groups excluding carboxylic acids is 1. The molecule has 0 heterocycles. The number of hydrogen-bond acceptors (Lipinski definition) is 3. The summed E-state index contributed by atoms with van der Waals surface area (Å²) in [5.41, 5.74) is 1.47. The van der Waals surface area contributed by atoms with Crippen molar-refractivity contribution < 1.29 is 14.3 Å². The van der Waals surface area contributed by atoms with Crippen molar-refractivity contribution in [1.82, 2.24) is 0 Å². The Balaban J connectivity index is 1.56. The SMILES string of the molecule is C=CC(=O)OCCCCCCOc1ccc(C2CCC(C)CC2)cc1. The van der Waals surface area contributed by atoms with Crippen LogP contribution in [-0.4, -0.2) is 19.2 Å². The number of esters is 1. The first-order valence-electron chi connectivity index (χ1n) is 9.71. The number of ether oxygens (including phenoxy) is 2. The maximum atomic E-state index is 10.9. The summed E-state index contributed by atoms with van der Waals surface area (Å²) in [6.07, 6.45) is 10.6. The molecule has 0 saturated heterocycles. The van der Waals surface area contributed by atoms with Crippen LogP contribution in [0.3, 0.4) is 0 Å². The topological polar surface area (TPSA) is 35.5 Å². The molecule has 1 aromatic rings. The second-order valence-electron chi connectivity index (χ2n) is 7.16. The van der Waals surface area contributed by atoms with Gasteiger partial charge in [0.05, 0.1) is 13.2 Å². The molecule has 1 aromatic carbocycles. The number of carbonyl (C=O) groups is 1. The van der Waals surface area contributed by atoms with E-state index in [1.807, 2.05) is 0 Å². The van der Waals surface area contributed by atoms with Gasteiger partial charge in [-0.05, 0) is 68.1 Å². The van der Waals surface area contributed by atoms with Crippen LogP contribution in [-0.2, 0) is 9.53 Å². The van der Waals surface area contributed by atoms with Crippen LogP contribution in [0.15, 0.2) is 36.9 Å². The van der Waals surface area contributed by atoms with Crippen LogP contribution >= 0.6 is 0 Å². The molecule has 0 spiro atoms. The number of unbranched alkanes of at least 4 members (excludes halogenated alkanes) is 3. The largest absolute Gasteiger partial charge is 0.494 e. The van der Waals surface area contributed by atoms with E-state index in [1.54, 1.807) is 0 Å². The third-order valence-corrected chi connectivity index (χ3v) is 5.09. The first-order valence-corrected chi connectivity index (χ1v) is 9.71. The summed E-state index contributed by atoms with van der Waals surface area (Å²) in [6.45, 7) is 6.96. The van der Waals surface area contributed by atoms with Crippen molar-refractivity contribution >= 4 is 5.97 Å². The minimum absolute atomic E-state index is 0.338. The van der Waals surface area contributed by atoms with Gasteiger partial charge in [0.2, 0.25) is 0 Å². The lowest BCUT2D eigenvalue weighted by molar-refractivity contribution is -0.137. The van der Waals surface area contributed by atoms with Crippen LogP contribution < -0.4 is 4.74 Å². The van der Waals surface area contributed by atoms with Crippen LogP contribution in [0.4, 0.5) is 0 Å². The van der Waals surface area contributed by atoms with Gasteiger partial charge in [-0.25, -0.2) is 4.79 Å². The van der Waals surface area contributed by atoms with Crippen molar-refractivity contribution in [2.24, 2.45) is 5.92 Å². The molecular weight excluding hydrogens is 312 g/mol. The summed E-state index contributed by atoms with van der Waals surface area (Å²) in [7, 11) is 0. The molecule has 0 unspecified atom stereocenters. The summed E-state index contributed by atoms with van der Waals surface area (Å²) in [4.78, 5) is 10.9. The average molecular weight is 344 g/mol. The number of hydrogen-bond donors (Lipinski definition) is 0. The number of rotatable bonds is 10. The quantitative estimate of drug-likeness (QED) is 0.313. The molecule has 0 aromatic heterocycles. The molecule has 2 rings (SSSR count). The molecule has 1 fully saturated rings. The van der Waals surface area contributed by atoms with Crippen molar-refractivity contribution in [3.8, 4) is 5.75 Å². The van der Waals surface area contributed by atoms with E-state index in [0.29, 0.717) is 6.61 Å². The van der Waals surface area contributed by atoms with E-state index in [-0.39, 0.29) is 5.97 Å². The van der Waals surface area contributed by atoms with E-state index in [1.165, 1.54) is 37.3 Å². The molecule has 0 atom stereocenters. The zero-order chi connectivity index (χ0) is 17.9. The van der Waals surface area contributed by atoms with Gasteiger partial charge < -0.3 is 9.47 Å². The monoisotopic (exact) mass is 344 g/mol. The maximum Gasteiger partial charge on any atom is 0.330 e. The molecule has 0 aliphatic heterocycles. The Labute approximate surface area is 152 Å². The Hall–Kier alpha value is -1.77. The van der Waals surface area contributed by atoms with Crippen molar-refractivity contribution in [2.75, 3.05) is 13.2 Å². The number of benzene rings is 1. The van der Waals surface area contributed by atoms with E-state index in [2.05, 4.69) is 37.8 Å². The maximum absolute atomic E-state index is 10.9. The Morgan fingerprint density at radius 2 is 1.68 bits per heavy atom. The highest BCUT2D eigenvalue weighted by atomic mass is 16.5. The van der Waals surface area contributed by atoms with E-state index in [0.717, 1.165) is 49.9 Å². The molecule has 1 aliphatic rings. The summed E-state index contributed by atoms with van der Waals surface area (Å²) in [5, 5.41) is 0. The molecule has 0 bridgehead atoms. The Kier molecular flexibility index (Phi) is 8.58. The Morgan fingerprint density at radius 1 is 1.04 bits per heavy atom. The lowest BCUT2D eigenvalue weighted by Gasteiger charge is -2.26. The van der Waals surface area contributed by atoms with Crippen LogP contribution in [0, 0.1) is 5.92 Å². The summed E-state index contributed by atoms with van der Waals surface area (Å²) in [5.74, 6) is 2.26. The zero-order valence-electron chi connectivity index (χ0n) is 15.5. The molecule has 0 amide bonds. The molecule has 138 valence electrons. The van der Waals surface area contributed by atoms with Crippen LogP contribution in [0.1, 0.15) is 69.8 Å². The highest BCUT2D eigenvalue weighted by Crippen LogP contribution is 2.35. The fraction of sp³-hybridized carbons (Fsp3) is 0.591. The fourth-order valence-electron chi connectivity index (χ4n) is 3.41. The first kappa shape index (κ1) is 19.6. The molecule has 1 saturated carbocycles. The normalized spacial score (nSPS) is 20.0. The second-order valence-corrected chi connectivity index (χ2v) is 7.16. The van der Waals surface area contributed by atoms with Crippen molar-refractivity contribution in [3.63, 3.8) is 0 Å². The van der Waals surface area contributed by atoms with Gasteiger partial charge in [-0.3, -0.25) is 0 Å². The predicted octanol–water partition coefficient (Wildman–Crippen LogP) is 5.65.